The Hall–Kier alpha value is -4.40. The lowest BCUT2D eigenvalue weighted by molar-refractivity contribution is -0.130. The average molecular weight is 506 g/mol. The van der Waals surface area contributed by atoms with Crippen LogP contribution in [0.15, 0.2) is 64.1 Å². The first-order valence-electron chi connectivity index (χ1n) is 11.9. The van der Waals surface area contributed by atoms with Crippen molar-refractivity contribution in [2.24, 2.45) is 11.0 Å². The molecule has 0 bridgehead atoms. The van der Waals surface area contributed by atoms with Crippen molar-refractivity contribution < 1.29 is 28.6 Å². The van der Waals surface area contributed by atoms with Crippen molar-refractivity contribution in [2.45, 2.75) is 40.2 Å². The van der Waals surface area contributed by atoms with E-state index in [2.05, 4.69) is 15.8 Å². The highest BCUT2D eigenvalue weighted by Crippen LogP contribution is 2.23. The molecule has 3 rings (SSSR count). The molecule has 2 aromatic carbocycles. The molecular formula is C28H31N3O6. The molecule has 9 nitrogen and oxygen atoms in total. The zero-order chi connectivity index (χ0) is 26.9. The van der Waals surface area contributed by atoms with Crippen LogP contribution in [-0.4, -0.2) is 41.8 Å². The molecule has 0 spiro atoms. The van der Waals surface area contributed by atoms with Crippen molar-refractivity contribution in [1.29, 1.82) is 0 Å². The number of nitrogens with zero attached hydrogens (tertiary/aromatic N) is 1. The van der Waals surface area contributed by atoms with Crippen LogP contribution in [0, 0.1) is 19.8 Å². The third-order valence-corrected chi connectivity index (χ3v) is 5.52. The summed E-state index contributed by atoms with van der Waals surface area (Å²) >= 11 is 0. The summed E-state index contributed by atoms with van der Waals surface area (Å²) in [5.74, 6) is -0.140. The van der Waals surface area contributed by atoms with E-state index in [9.17, 15) is 14.4 Å². The van der Waals surface area contributed by atoms with Gasteiger partial charge in [0.25, 0.3) is 11.8 Å². The van der Waals surface area contributed by atoms with E-state index < -0.39 is 23.8 Å². The summed E-state index contributed by atoms with van der Waals surface area (Å²) in [6, 6.07) is 14.6. The van der Waals surface area contributed by atoms with E-state index in [0.717, 1.165) is 11.1 Å². The Morgan fingerprint density at radius 2 is 1.70 bits per heavy atom. The van der Waals surface area contributed by atoms with Gasteiger partial charge in [-0.2, -0.15) is 5.10 Å². The second-order valence-corrected chi connectivity index (χ2v) is 9.08. The van der Waals surface area contributed by atoms with Gasteiger partial charge in [-0.15, -0.1) is 0 Å². The normalized spacial score (nSPS) is 11.9. The summed E-state index contributed by atoms with van der Waals surface area (Å²) in [6.45, 7) is 7.51. The zero-order valence-electron chi connectivity index (χ0n) is 21.3. The molecule has 1 aromatic heterocycles. The summed E-state index contributed by atoms with van der Waals surface area (Å²) in [4.78, 5) is 36.3. The van der Waals surface area contributed by atoms with Gasteiger partial charge >= 0.3 is 5.97 Å². The van der Waals surface area contributed by atoms with E-state index in [0.29, 0.717) is 29.3 Å². The van der Waals surface area contributed by atoms with Crippen molar-refractivity contribution in [3.05, 3.63) is 77.0 Å². The van der Waals surface area contributed by atoms with Crippen LogP contribution in [0.5, 0.6) is 5.75 Å². The second-order valence-electron chi connectivity index (χ2n) is 9.08. The summed E-state index contributed by atoms with van der Waals surface area (Å²) in [5.41, 5.74) is 5.19. The number of ether oxygens (including phenoxy) is 1. The summed E-state index contributed by atoms with van der Waals surface area (Å²) in [5, 5.41) is 15.7. The molecule has 1 heterocycles. The number of hydrazone groups is 1. The highest BCUT2D eigenvalue weighted by atomic mass is 16.5. The molecule has 0 aliphatic rings. The quantitative estimate of drug-likeness (QED) is 0.263. The number of benzene rings is 2. The maximum Gasteiger partial charge on any atom is 0.335 e. The minimum Gasteiger partial charge on any atom is -0.483 e. The number of carboxylic acid groups (broad SMARTS) is 1. The predicted molar refractivity (Wildman–Crippen MR) is 140 cm³/mol. The molecular weight excluding hydrogens is 474 g/mol. The van der Waals surface area contributed by atoms with Crippen LogP contribution in [-0.2, 0) is 9.59 Å². The van der Waals surface area contributed by atoms with Gasteiger partial charge in [-0.3, -0.25) is 9.59 Å². The first-order chi connectivity index (χ1) is 17.6. The molecule has 194 valence electrons. The lowest BCUT2D eigenvalue weighted by Gasteiger charge is -2.19. The van der Waals surface area contributed by atoms with Crippen LogP contribution in [0.4, 0.5) is 0 Å². The molecule has 0 radical (unpaired) electrons. The highest BCUT2D eigenvalue weighted by Gasteiger charge is 2.22. The Morgan fingerprint density at radius 1 is 1.03 bits per heavy atom. The fraction of sp³-hybridized carbons (Fsp3) is 0.286. The van der Waals surface area contributed by atoms with Crippen LogP contribution in [0.25, 0.3) is 11.3 Å². The number of aromatic carboxylic acids is 1. The van der Waals surface area contributed by atoms with E-state index in [1.165, 1.54) is 18.3 Å². The SMILES string of the molecule is Cc1cccc(C)c1OCC(=O)N[C@@H](CC(C)C)C(=O)N/N=C\c1ccc(-c2ccc(C(=O)O)cc2)o1. The fourth-order valence-electron chi connectivity index (χ4n) is 3.70. The van der Waals surface area contributed by atoms with Gasteiger partial charge in [-0.25, -0.2) is 10.2 Å². The number of nitrogens with one attached hydrogen (secondary N) is 2. The number of carbonyl (C=O) groups is 3. The number of carbonyl (C=O) groups excluding carboxylic acids is 2. The van der Waals surface area contributed by atoms with Crippen LogP contribution in [0.2, 0.25) is 0 Å². The number of aryl methyl sites for hydroxylation is 2. The number of hydrogen-bond acceptors (Lipinski definition) is 6. The van der Waals surface area contributed by atoms with Crippen molar-refractivity contribution >= 4 is 24.0 Å². The Morgan fingerprint density at radius 3 is 2.32 bits per heavy atom. The molecule has 0 aliphatic carbocycles. The molecule has 0 unspecified atom stereocenters. The molecule has 2 amide bonds. The predicted octanol–water partition coefficient (Wildman–Crippen LogP) is 4.32. The first kappa shape index (κ1) is 27.2. The van der Waals surface area contributed by atoms with Gasteiger partial charge in [-0.1, -0.05) is 44.2 Å². The molecule has 1 atom stereocenters. The number of amides is 2. The first-order valence-corrected chi connectivity index (χ1v) is 11.9. The Balaban J connectivity index is 1.57. The van der Waals surface area contributed by atoms with Crippen LogP contribution < -0.4 is 15.5 Å². The lowest BCUT2D eigenvalue weighted by atomic mass is 10.0. The third-order valence-electron chi connectivity index (χ3n) is 5.52. The van der Waals surface area contributed by atoms with Crippen LogP contribution in [0.1, 0.15) is 47.5 Å². The van der Waals surface area contributed by atoms with Gasteiger partial charge in [0.15, 0.2) is 6.61 Å². The number of hydrogen-bond donors (Lipinski definition) is 3. The third kappa shape index (κ3) is 7.79. The number of furan rings is 1. The summed E-state index contributed by atoms with van der Waals surface area (Å²) < 4.78 is 11.4. The van der Waals surface area contributed by atoms with Gasteiger partial charge in [0.1, 0.15) is 23.3 Å². The number of rotatable bonds is 11. The second kappa shape index (κ2) is 12.5. The molecule has 0 fully saturated rings. The van der Waals surface area contributed by atoms with Gasteiger partial charge in [0.2, 0.25) is 0 Å². The molecule has 37 heavy (non-hydrogen) atoms. The van der Waals surface area contributed by atoms with Crippen LogP contribution >= 0.6 is 0 Å². The smallest absolute Gasteiger partial charge is 0.335 e. The van der Waals surface area contributed by atoms with Gasteiger partial charge in [0, 0.05) is 5.56 Å². The summed E-state index contributed by atoms with van der Waals surface area (Å²) in [7, 11) is 0. The molecule has 0 saturated heterocycles. The summed E-state index contributed by atoms with van der Waals surface area (Å²) in [6.07, 6.45) is 1.78. The van der Waals surface area contributed by atoms with Crippen molar-refractivity contribution in [3.8, 4) is 17.1 Å². The Kier molecular flexibility index (Phi) is 9.21. The minimum absolute atomic E-state index is 0.153. The fourth-order valence-corrected chi connectivity index (χ4v) is 3.70. The van der Waals surface area contributed by atoms with E-state index in [4.69, 9.17) is 14.3 Å². The van der Waals surface area contributed by atoms with Gasteiger partial charge in [0.05, 0.1) is 11.8 Å². The zero-order valence-corrected chi connectivity index (χ0v) is 21.3. The average Bonchev–Trinajstić information content (AvgIpc) is 3.32. The van der Waals surface area contributed by atoms with E-state index in [1.54, 1.807) is 24.3 Å². The molecule has 0 saturated carbocycles. The monoisotopic (exact) mass is 505 g/mol. The standard InChI is InChI=1S/C28H31N3O6/c1-17(2)14-23(30-25(32)16-36-26-18(3)6-5-7-19(26)4)27(33)31-29-15-22-12-13-24(37-22)20-8-10-21(11-9-20)28(34)35/h5-13,15,17,23H,14,16H2,1-4H3,(H,30,32)(H,31,33)(H,34,35)/b29-15-/t23-/m0/s1. The van der Waals surface area contributed by atoms with E-state index in [-0.39, 0.29) is 18.1 Å². The minimum atomic E-state index is -1.00. The van der Waals surface area contributed by atoms with Gasteiger partial charge < -0.3 is 19.6 Å². The van der Waals surface area contributed by atoms with E-state index in [1.807, 2.05) is 45.9 Å². The van der Waals surface area contributed by atoms with Crippen molar-refractivity contribution in [1.82, 2.24) is 10.7 Å². The molecule has 3 aromatic rings. The Bertz CT molecular complexity index is 1260. The molecule has 0 aliphatic heterocycles. The molecule has 3 N–H and O–H groups in total. The van der Waals surface area contributed by atoms with Crippen LogP contribution in [0.3, 0.4) is 0 Å². The van der Waals surface area contributed by atoms with Gasteiger partial charge in [-0.05, 0) is 61.6 Å². The molecule has 9 heteroatoms. The maximum atomic E-state index is 12.7. The number of para-hydroxylation sites is 1. The maximum absolute atomic E-state index is 12.7. The van der Waals surface area contributed by atoms with Crippen molar-refractivity contribution in [3.63, 3.8) is 0 Å². The highest BCUT2D eigenvalue weighted by molar-refractivity contribution is 5.89. The van der Waals surface area contributed by atoms with Crippen molar-refractivity contribution in [2.75, 3.05) is 6.61 Å². The van der Waals surface area contributed by atoms with E-state index >= 15 is 0 Å². The topological polar surface area (TPSA) is 130 Å². The lowest BCUT2D eigenvalue weighted by Crippen LogP contribution is -2.47. The Labute approximate surface area is 215 Å². The largest absolute Gasteiger partial charge is 0.483 e. The number of carboxylic acids is 1.